The Balaban J connectivity index is 1.60. The Morgan fingerprint density at radius 1 is 1.40 bits per heavy atom. The standard InChI is InChI=1S/C13H12N4OS2/c1-8-16-17-13(20-8)19-7-12(18)15-10-3-2-9-4-5-14-11(9)6-10/h2-6,14H,7H2,1H3,(H,15,18). The largest absolute Gasteiger partial charge is 0.361 e. The second-order valence-corrected chi connectivity index (χ2v) is 6.61. The van der Waals surface area contributed by atoms with Crippen molar-refractivity contribution in [3.63, 3.8) is 0 Å². The van der Waals surface area contributed by atoms with Crippen LogP contribution in [0.15, 0.2) is 34.8 Å². The number of amides is 1. The summed E-state index contributed by atoms with van der Waals surface area (Å²) >= 11 is 2.89. The van der Waals surface area contributed by atoms with Crippen molar-refractivity contribution in [2.75, 3.05) is 11.1 Å². The molecule has 20 heavy (non-hydrogen) atoms. The highest BCUT2D eigenvalue weighted by Crippen LogP contribution is 2.22. The summed E-state index contributed by atoms with van der Waals surface area (Å²) in [7, 11) is 0. The van der Waals surface area contributed by atoms with Crippen LogP contribution in [0, 0.1) is 6.92 Å². The highest BCUT2D eigenvalue weighted by Gasteiger charge is 2.07. The highest BCUT2D eigenvalue weighted by atomic mass is 32.2. The van der Waals surface area contributed by atoms with Crippen molar-refractivity contribution in [1.29, 1.82) is 0 Å². The fourth-order valence-electron chi connectivity index (χ4n) is 1.79. The summed E-state index contributed by atoms with van der Waals surface area (Å²) in [5.41, 5.74) is 1.80. The van der Waals surface area contributed by atoms with Crippen molar-refractivity contribution >= 4 is 45.6 Å². The van der Waals surface area contributed by atoms with Crippen LogP contribution in [-0.2, 0) is 4.79 Å². The zero-order chi connectivity index (χ0) is 13.9. The summed E-state index contributed by atoms with van der Waals surface area (Å²) in [4.78, 5) is 15.0. The van der Waals surface area contributed by atoms with E-state index in [0.717, 1.165) is 25.9 Å². The normalized spacial score (nSPS) is 10.8. The summed E-state index contributed by atoms with van der Waals surface area (Å²) in [5, 5.41) is 12.8. The minimum absolute atomic E-state index is 0.0474. The minimum Gasteiger partial charge on any atom is -0.361 e. The van der Waals surface area contributed by atoms with Gasteiger partial charge in [-0.25, -0.2) is 0 Å². The molecule has 0 bridgehead atoms. The summed E-state index contributed by atoms with van der Waals surface area (Å²) < 4.78 is 0.817. The lowest BCUT2D eigenvalue weighted by Crippen LogP contribution is -2.13. The second kappa shape index (κ2) is 5.64. The summed E-state index contributed by atoms with van der Waals surface area (Å²) in [6.45, 7) is 1.90. The van der Waals surface area contributed by atoms with Gasteiger partial charge in [-0.15, -0.1) is 10.2 Å². The van der Waals surface area contributed by atoms with Gasteiger partial charge in [-0.05, 0) is 30.5 Å². The van der Waals surface area contributed by atoms with Gasteiger partial charge in [0, 0.05) is 17.4 Å². The maximum Gasteiger partial charge on any atom is 0.234 e. The van der Waals surface area contributed by atoms with E-state index in [1.807, 2.05) is 37.4 Å². The third kappa shape index (κ3) is 3.00. The van der Waals surface area contributed by atoms with E-state index in [1.165, 1.54) is 23.1 Å². The average Bonchev–Trinajstić information content (AvgIpc) is 3.04. The number of H-pyrrole nitrogens is 1. The van der Waals surface area contributed by atoms with Crippen molar-refractivity contribution in [2.45, 2.75) is 11.3 Å². The molecule has 0 radical (unpaired) electrons. The van der Waals surface area contributed by atoms with Gasteiger partial charge < -0.3 is 10.3 Å². The molecule has 0 saturated carbocycles. The molecular formula is C13H12N4OS2. The number of carbonyl (C=O) groups is 1. The molecule has 1 aromatic carbocycles. The van der Waals surface area contributed by atoms with Crippen LogP contribution < -0.4 is 5.32 Å². The van der Waals surface area contributed by atoms with Gasteiger partial charge in [0.25, 0.3) is 0 Å². The monoisotopic (exact) mass is 304 g/mol. The van der Waals surface area contributed by atoms with Crippen LogP contribution in [-0.4, -0.2) is 26.8 Å². The zero-order valence-electron chi connectivity index (χ0n) is 10.7. The van der Waals surface area contributed by atoms with E-state index in [2.05, 4.69) is 20.5 Å². The third-order valence-corrected chi connectivity index (χ3v) is 4.65. The molecule has 1 amide bonds. The maximum absolute atomic E-state index is 11.9. The molecule has 2 heterocycles. The van der Waals surface area contributed by atoms with E-state index in [4.69, 9.17) is 0 Å². The molecular weight excluding hydrogens is 292 g/mol. The summed E-state index contributed by atoms with van der Waals surface area (Å²) in [6, 6.07) is 7.79. The number of hydrogen-bond acceptors (Lipinski definition) is 5. The molecule has 0 fully saturated rings. The molecule has 5 nitrogen and oxygen atoms in total. The first-order chi connectivity index (χ1) is 9.70. The van der Waals surface area contributed by atoms with Gasteiger partial charge in [0.2, 0.25) is 5.91 Å². The van der Waals surface area contributed by atoms with E-state index < -0.39 is 0 Å². The van der Waals surface area contributed by atoms with Gasteiger partial charge in [0.15, 0.2) is 4.34 Å². The SMILES string of the molecule is Cc1nnc(SCC(=O)Nc2ccc3cc[nH]c3c2)s1. The van der Waals surface area contributed by atoms with E-state index >= 15 is 0 Å². The number of fused-ring (bicyclic) bond motifs is 1. The van der Waals surface area contributed by atoms with E-state index in [1.54, 1.807) is 0 Å². The van der Waals surface area contributed by atoms with Gasteiger partial charge in [-0.2, -0.15) is 0 Å². The third-order valence-electron chi connectivity index (χ3n) is 2.67. The number of nitrogens with one attached hydrogen (secondary N) is 2. The van der Waals surface area contributed by atoms with Crippen molar-refractivity contribution in [1.82, 2.24) is 15.2 Å². The molecule has 0 aliphatic carbocycles. The van der Waals surface area contributed by atoms with E-state index in [-0.39, 0.29) is 5.91 Å². The molecule has 2 aromatic heterocycles. The predicted molar refractivity (Wildman–Crippen MR) is 82.3 cm³/mol. The molecule has 0 aliphatic rings. The van der Waals surface area contributed by atoms with Crippen LogP contribution in [0.25, 0.3) is 10.9 Å². The second-order valence-electron chi connectivity index (χ2n) is 4.20. The Labute approximate surface area is 123 Å². The molecule has 0 aliphatic heterocycles. The molecule has 0 atom stereocenters. The van der Waals surface area contributed by atoms with Crippen LogP contribution in [0.1, 0.15) is 5.01 Å². The van der Waals surface area contributed by atoms with Crippen LogP contribution in [0.4, 0.5) is 5.69 Å². The van der Waals surface area contributed by atoms with Gasteiger partial charge >= 0.3 is 0 Å². The van der Waals surface area contributed by atoms with Crippen LogP contribution in [0.3, 0.4) is 0 Å². The number of hydrogen-bond donors (Lipinski definition) is 2. The zero-order valence-corrected chi connectivity index (χ0v) is 12.3. The Bertz CT molecular complexity index is 750. The number of benzene rings is 1. The predicted octanol–water partition coefficient (Wildman–Crippen LogP) is 3.06. The first-order valence-electron chi connectivity index (χ1n) is 6.00. The van der Waals surface area contributed by atoms with Crippen LogP contribution >= 0.6 is 23.1 Å². The number of aromatic nitrogens is 3. The topological polar surface area (TPSA) is 70.7 Å². The van der Waals surface area contributed by atoms with Crippen molar-refractivity contribution < 1.29 is 4.79 Å². The van der Waals surface area contributed by atoms with Gasteiger partial charge in [-0.1, -0.05) is 29.2 Å². The van der Waals surface area contributed by atoms with E-state index in [0.29, 0.717) is 5.75 Å². The molecule has 3 rings (SSSR count). The average molecular weight is 304 g/mol. The Hall–Kier alpha value is -1.86. The number of thioether (sulfide) groups is 1. The lowest BCUT2D eigenvalue weighted by Gasteiger charge is -2.04. The van der Waals surface area contributed by atoms with Gasteiger partial charge in [-0.3, -0.25) is 4.79 Å². The fourth-order valence-corrected chi connectivity index (χ4v) is 3.40. The maximum atomic E-state index is 11.9. The number of nitrogens with zero attached hydrogens (tertiary/aromatic N) is 2. The van der Waals surface area contributed by atoms with Crippen molar-refractivity contribution in [3.8, 4) is 0 Å². The molecule has 2 N–H and O–H groups in total. The Kier molecular flexibility index (Phi) is 3.70. The highest BCUT2D eigenvalue weighted by molar-refractivity contribution is 8.01. The lowest BCUT2D eigenvalue weighted by atomic mass is 10.2. The first kappa shape index (κ1) is 13.1. The number of aromatic amines is 1. The van der Waals surface area contributed by atoms with Crippen LogP contribution in [0.5, 0.6) is 0 Å². The number of aryl methyl sites for hydroxylation is 1. The molecule has 0 saturated heterocycles. The smallest absolute Gasteiger partial charge is 0.234 e. The number of carbonyl (C=O) groups excluding carboxylic acids is 1. The Morgan fingerprint density at radius 2 is 2.30 bits per heavy atom. The summed E-state index contributed by atoms with van der Waals surface area (Å²) in [5.74, 6) is 0.283. The first-order valence-corrected chi connectivity index (χ1v) is 7.81. The quantitative estimate of drug-likeness (QED) is 0.727. The lowest BCUT2D eigenvalue weighted by molar-refractivity contribution is -0.113. The molecule has 0 unspecified atom stereocenters. The number of anilines is 1. The van der Waals surface area contributed by atoms with E-state index in [9.17, 15) is 4.79 Å². The Morgan fingerprint density at radius 3 is 3.10 bits per heavy atom. The number of rotatable bonds is 4. The minimum atomic E-state index is -0.0474. The molecule has 7 heteroatoms. The molecule has 3 aromatic rings. The van der Waals surface area contributed by atoms with Gasteiger partial charge in [0.1, 0.15) is 5.01 Å². The summed E-state index contributed by atoms with van der Waals surface area (Å²) in [6.07, 6.45) is 1.88. The van der Waals surface area contributed by atoms with Gasteiger partial charge in [0.05, 0.1) is 5.75 Å². The fraction of sp³-hybridized carbons (Fsp3) is 0.154. The molecule has 0 spiro atoms. The van der Waals surface area contributed by atoms with Crippen molar-refractivity contribution in [3.05, 3.63) is 35.5 Å². The molecule has 102 valence electrons. The van der Waals surface area contributed by atoms with Crippen LogP contribution in [0.2, 0.25) is 0 Å². The van der Waals surface area contributed by atoms with Crippen molar-refractivity contribution in [2.24, 2.45) is 0 Å².